The molecule has 1 aliphatic rings. The molecule has 2 heteroatoms. The molecule has 0 radical (unpaired) electrons. The molecular weight excluding hydrogens is 261 g/mol. The zero-order valence-corrected chi connectivity index (χ0v) is 12.5. The van der Waals surface area contributed by atoms with Gasteiger partial charge in [0.1, 0.15) is 5.82 Å². The van der Waals surface area contributed by atoms with Crippen LogP contribution in [0, 0.1) is 5.82 Å². The van der Waals surface area contributed by atoms with Crippen LogP contribution in [0.2, 0.25) is 0 Å². The van der Waals surface area contributed by atoms with E-state index in [-0.39, 0.29) is 11.9 Å². The lowest BCUT2D eigenvalue weighted by molar-refractivity contribution is 0.439. The van der Waals surface area contributed by atoms with Gasteiger partial charge in [0, 0.05) is 6.04 Å². The second kappa shape index (κ2) is 6.40. The third-order valence-corrected chi connectivity index (χ3v) is 4.63. The molecule has 1 nitrogen and oxygen atoms in total. The summed E-state index contributed by atoms with van der Waals surface area (Å²) in [6.07, 6.45) is 4.78. The largest absolute Gasteiger partial charge is 0.313 e. The van der Waals surface area contributed by atoms with Crippen LogP contribution in [0.4, 0.5) is 4.39 Å². The highest BCUT2D eigenvalue weighted by atomic mass is 19.1. The molecule has 2 aromatic rings. The summed E-state index contributed by atoms with van der Waals surface area (Å²) >= 11 is 0. The van der Waals surface area contributed by atoms with Crippen LogP contribution in [-0.2, 0) is 6.42 Å². The first kappa shape index (κ1) is 14.3. The number of halogens is 1. The van der Waals surface area contributed by atoms with Crippen LogP contribution in [0.25, 0.3) is 0 Å². The smallest absolute Gasteiger partial charge is 0.123 e. The first-order chi connectivity index (χ1) is 10.3. The molecule has 2 unspecified atom stereocenters. The van der Waals surface area contributed by atoms with Crippen LogP contribution in [0.3, 0.4) is 0 Å². The average Bonchev–Trinajstić information content (AvgIpc) is 2.54. The van der Waals surface area contributed by atoms with Gasteiger partial charge in [-0.3, -0.25) is 0 Å². The van der Waals surface area contributed by atoms with Gasteiger partial charge in [-0.2, -0.15) is 0 Å². The molecule has 0 heterocycles. The fourth-order valence-electron chi connectivity index (χ4n) is 3.50. The molecule has 0 amide bonds. The van der Waals surface area contributed by atoms with Gasteiger partial charge in [0.15, 0.2) is 0 Å². The van der Waals surface area contributed by atoms with Crippen molar-refractivity contribution in [1.29, 1.82) is 0 Å². The van der Waals surface area contributed by atoms with Gasteiger partial charge in [-0.25, -0.2) is 4.39 Å². The number of rotatable bonds is 4. The highest BCUT2D eigenvalue weighted by molar-refractivity contribution is 5.33. The summed E-state index contributed by atoms with van der Waals surface area (Å²) in [5, 5.41) is 3.39. The summed E-state index contributed by atoms with van der Waals surface area (Å²) in [5.41, 5.74) is 4.18. The Balaban J connectivity index is 1.80. The number of nitrogens with one attached hydrogen (secondary N) is 1. The van der Waals surface area contributed by atoms with Crippen molar-refractivity contribution in [2.24, 2.45) is 0 Å². The van der Waals surface area contributed by atoms with Crippen molar-refractivity contribution in [3.8, 4) is 0 Å². The van der Waals surface area contributed by atoms with Gasteiger partial charge in [-0.1, -0.05) is 36.4 Å². The molecule has 0 spiro atoms. The molecule has 3 rings (SSSR count). The Labute approximate surface area is 126 Å². The summed E-state index contributed by atoms with van der Waals surface area (Å²) in [6.45, 7) is 0. The predicted octanol–water partition coefficient (Wildman–Crippen LogP) is 4.60. The Bertz CT molecular complexity index is 591. The molecule has 2 atom stereocenters. The van der Waals surface area contributed by atoms with E-state index in [1.807, 2.05) is 19.2 Å². The third kappa shape index (κ3) is 3.16. The predicted molar refractivity (Wildman–Crippen MR) is 84.9 cm³/mol. The molecule has 0 fully saturated rings. The lowest BCUT2D eigenvalue weighted by atomic mass is 9.79. The maximum atomic E-state index is 13.1. The number of benzene rings is 2. The lowest BCUT2D eigenvalue weighted by Crippen LogP contribution is -2.21. The highest BCUT2D eigenvalue weighted by Crippen LogP contribution is 2.37. The maximum Gasteiger partial charge on any atom is 0.123 e. The fraction of sp³-hybridized carbons (Fsp3) is 0.368. The van der Waals surface area contributed by atoms with E-state index >= 15 is 0 Å². The van der Waals surface area contributed by atoms with Gasteiger partial charge in [-0.05, 0) is 67.5 Å². The van der Waals surface area contributed by atoms with Gasteiger partial charge in [0.25, 0.3) is 0 Å². The van der Waals surface area contributed by atoms with E-state index in [0.717, 1.165) is 6.42 Å². The molecule has 1 aliphatic carbocycles. The third-order valence-electron chi connectivity index (χ3n) is 4.63. The van der Waals surface area contributed by atoms with Gasteiger partial charge in [0.05, 0.1) is 0 Å². The highest BCUT2D eigenvalue weighted by Gasteiger charge is 2.23. The molecular formula is C19H22FN. The Kier molecular flexibility index (Phi) is 4.35. The van der Waals surface area contributed by atoms with Crippen molar-refractivity contribution in [2.45, 2.75) is 37.6 Å². The van der Waals surface area contributed by atoms with Crippen molar-refractivity contribution >= 4 is 0 Å². The Morgan fingerprint density at radius 3 is 2.67 bits per heavy atom. The number of hydrogen-bond acceptors (Lipinski definition) is 1. The van der Waals surface area contributed by atoms with Gasteiger partial charge in [-0.15, -0.1) is 0 Å². The normalized spacial score (nSPS) is 19.0. The van der Waals surface area contributed by atoms with E-state index < -0.39 is 0 Å². The number of aryl methyl sites for hydroxylation is 1. The molecule has 0 bridgehead atoms. The fourth-order valence-corrected chi connectivity index (χ4v) is 3.50. The zero-order valence-electron chi connectivity index (χ0n) is 12.5. The second-order valence-corrected chi connectivity index (χ2v) is 5.92. The Morgan fingerprint density at radius 2 is 1.90 bits per heavy atom. The summed E-state index contributed by atoms with van der Waals surface area (Å²) in [4.78, 5) is 0. The van der Waals surface area contributed by atoms with Crippen molar-refractivity contribution in [3.63, 3.8) is 0 Å². The summed E-state index contributed by atoms with van der Waals surface area (Å²) in [6, 6.07) is 16.0. The van der Waals surface area contributed by atoms with E-state index in [9.17, 15) is 4.39 Å². The SMILES string of the molecule is CNC(CC1CCCc2ccccc21)c1ccc(F)cc1. The van der Waals surface area contributed by atoms with Crippen LogP contribution in [0.5, 0.6) is 0 Å². The quantitative estimate of drug-likeness (QED) is 0.865. The average molecular weight is 283 g/mol. The van der Waals surface area contributed by atoms with Crippen molar-refractivity contribution in [1.82, 2.24) is 5.32 Å². The monoisotopic (exact) mass is 283 g/mol. The first-order valence-electron chi connectivity index (χ1n) is 7.78. The standard InChI is InChI=1S/C19H22FN/c1-21-19(15-9-11-17(20)12-10-15)13-16-7-4-6-14-5-2-3-8-18(14)16/h2-3,5,8-12,16,19,21H,4,6-7,13H2,1H3. The van der Waals surface area contributed by atoms with Crippen LogP contribution in [0.15, 0.2) is 48.5 Å². The van der Waals surface area contributed by atoms with Crippen LogP contribution in [0.1, 0.15) is 47.9 Å². The number of hydrogen-bond donors (Lipinski definition) is 1. The summed E-state index contributed by atoms with van der Waals surface area (Å²) in [7, 11) is 1.99. The summed E-state index contributed by atoms with van der Waals surface area (Å²) < 4.78 is 13.1. The molecule has 2 aromatic carbocycles. The molecule has 110 valence electrons. The van der Waals surface area contributed by atoms with E-state index in [1.54, 1.807) is 12.1 Å². The van der Waals surface area contributed by atoms with Crippen LogP contribution < -0.4 is 5.32 Å². The zero-order chi connectivity index (χ0) is 14.7. The summed E-state index contributed by atoms with van der Waals surface area (Å²) in [5.74, 6) is 0.425. The molecule has 0 aliphatic heterocycles. The Hall–Kier alpha value is -1.67. The van der Waals surface area contributed by atoms with Gasteiger partial charge < -0.3 is 5.32 Å². The van der Waals surface area contributed by atoms with E-state index in [2.05, 4.69) is 29.6 Å². The van der Waals surface area contributed by atoms with Crippen LogP contribution in [-0.4, -0.2) is 7.05 Å². The van der Waals surface area contributed by atoms with Crippen molar-refractivity contribution < 1.29 is 4.39 Å². The Morgan fingerprint density at radius 1 is 1.14 bits per heavy atom. The van der Waals surface area contributed by atoms with Gasteiger partial charge in [0.2, 0.25) is 0 Å². The van der Waals surface area contributed by atoms with Crippen LogP contribution >= 0.6 is 0 Å². The molecule has 21 heavy (non-hydrogen) atoms. The maximum absolute atomic E-state index is 13.1. The number of fused-ring (bicyclic) bond motifs is 1. The van der Waals surface area contributed by atoms with E-state index in [0.29, 0.717) is 5.92 Å². The second-order valence-electron chi connectivity index (χ2n) is 5.92. The minimum atomic E-state index is -0.170. The first-order valence-corrected chi connectivity index (χ1v) is 7.78. The van der Waals surface area contributed by atoms with Crippen molar-refractivity contribution in [2.75, 3.05) is 7.05 Å². The van der Waals surface area contributed by atoms with Crippen molar-refractivity contribution in [3.05, 3.63) is 71.0 Å². The minimum Gasteiger partial charge on any atom is -0.313 e. The van der Waals surface area contributed by atoms with E-state index in [1.165, 1.54) is 36.0 Å². The molecule has 0 saturated carbocycles. The van der Waals surface area contributed by atoms with Gasteiger partial charge >= 0.3 is 0 Å². The molecule has 0 aromatic heterocycles. The lowest BCUT2D eigenvalue weighted by Gasteiger charge is -2.29. The minimum absolute atomic E-state index is 0.170. The molecule has 0 saturated heterocycles. The molecule has 1 N–H and O–H groups in total. The topological polar surface area (TPSA) is 12.0 Å². The van der Waals surface area contributed by atoms with E-state index in [4.69, 9.17) is 0 Å².